The average molecular weight is 617 g/mol. The van der Waals surface area contributed by atoms with E-state index in [1.165, 1.54) is 23.4 Å². The van der Waals surface area contributed by atoms with Gasteiger partial charge in [0.15, 0.2) is 0 Å². The van der Waals surface area contributed by atoms with Crippen molar-refractivity contribution < 1.29 is 24.8 Å². The third kappa shape index (κ3) is 10.1. The van der Waals surface area contributed by atoms with Crippen LogP contribution in [-0.2, 0) is 20.4 Å². The molecule has 8 heteroatoms. The fraction of sp³-hybridized carbons (Fsp3) is 0.200. The van der Waals surface area contributed by atoms with Crippen LogP contribution in [-0.4, -0.2) is 33.0 Å². The Kier molecular flexibility index (Phi) is 12.8. The molecule has 4 aromatic rings. The SMILES string of the molecule is Cc1ccc(-c2ccc(C)cn2)nc1.Cc1ccc(-c2ccc(F)cn2)nc1.[NH-]CC[NH-].[Re]. The van der Waals surface area contributed by atoms with Crippen LogP contribution in [0.5, 0.6) is 0 Å². The molecule has 4 rings (SSSR count). The molecular formula is C25H27FN6Re-2. The van der Waals surface area contributed by atoms with Gasteiger partial charge in [-0.1, -0.05) is 18.2 Å². The Morgan fingerprint density at radius 3 is 1.06 bits per heavy atom. The van der Waals surface area contributed by atoms with E-state index in [2.05, 4.69) is 19.9 Å². The zero-order chi connectivity index (χ0) is 23.3. The summed E-state index contributed by atoms with van der Waals surface area (Å²) in [5.41, 5.74) is 19.3. The number of pyridine rings is 4. The van der Waals surface area contributed by atoms with Crippen LogP contribution in [0.4, 0.5) is 4.39 Å². The van der Waals surface area contributed by atoms with E-state index in [1.54, 1.807) is 12.3 Å². The summed E-state index contributed by atoms with van der Waals surface area (Å²) in [5.74, 6) is -0.333. The number of aromatic nitrogens is 4. The van der Waals surface area contributed by atoms with Crippen molar-refractivity contribution in [2.24, 2.45) is 0 Å². The van der Waals surface area contributed by atoms with Crippen molar-refractivity contribution in [3.8, 4) is 22.8 Å². The summed E-state index contributed by atoms with van der Waals surface area (Å²) in [6.07, 6.45) is 6.67. The first kappa shape index (κ1) is 28.1. The smallest absolute Gasteiger partial charge is 0.141 e. The van der Waals surface area contributed by atoms with Gasteiger partial charge >= 0.3 is 0 Å². The van der Waals surface area contributed by atoms with Crippen LogP contribution >= 0.6 is 0 Å². The number of nitrogens with one attached hydrogen (secondary N) is 2. The Morgan fingerprint density at radius 2 is 0.848 bits per heavy atom. The number of nitrogens with zero attached hydrogens (tertiary/aromatic N) is 4. The Bertz CT molecular complexity index is 878. The molecule has 0 amide bonds. The van der Waals surface area contributed by atoms with Gasteiger partial charge in [0.2, 0.25) is 0 Å². The molecule has 0 fully saturated rings. The van der Waals surface area contributed by atoms with E-state index in [-0.39, 0.29) is 39.3 Å². The molecule has 0 saturated heterocycles. The van der Waals surface area contributed by atoms with E-state index in [1.807, 2.05) is 69.6 Å². The molecule has 2 N–H and O–H groups in total. The largest absolute Gasteiger partial charge is 0.679 e. The van der Waals surface area contributed by atoms with Gasteiger partial charge in [-0.3, -0.25) is 19.9 Å². The summed E-state index contributed by atoms with van der Waals surface area (Å²) in [7, 11) is 0. The first-order valence-corrected chi connectivity index (χ1v) is 10.1. The molecule has 0 aliphatic carbocycles. The van der Waals surface area contributed by atoms with E-state index in [0.29, 0.717) is 5.69 Å². The fourth-order valence-corrected chi connectivity index (χ4v) is 2.39. The van der Waals surface area contributed by atoms with Crippen LogP contribution in [0.15, 0.2) is 73.3 Å². The zero-order valence-corrected chi connectivity index (χ0v) is 21.6. The van der Waals surface area contributed by atoms with Gasteiger partial charge in [0, 0.05) is 39.0 Å². The van der Waals surface area contributed by atoms with Gasteiger partial charge < -0.3 is 11.5 Å². The standard InChI is InChI=1S/C12H12N2.C11H9FN2.C2H6N2.Re/c1-9-3-5-11(13-7-9)12-6-4-10(2)8-14-12;1-8-2-4-10(13-6-8)11-5-3-9(12)7-14-11;3-1-2-4;/h3-8H,1-2H3;2-7H,1H3;3-4H,1-2H2;/q;;-2;. The van der Waals surface area contributed by atoms with Crippen LogP contribution in [0.1, 0.15) is 16.7 Å². The van der Waals surface area contributed by atoms with E-state index in [0.717, 1.165) is 22.6 Å². The van der Waals surface area contributed by atoms with Crippen molar-refractivity contribution in [1.29, 1.82) is 0 Å². The minimum atomic E-state index is -0.333. The molecule has 4 aromatic heterocycles. The molecule has 0 aromatic carbocycles. The molecule has 0 aliphatic rings. The molecule has 0 bridgehead atoms. The quantitative estimate of drug-likeness (QED) is 0.265. The molecule has 0 spiro atoms. The fourth-order valence-electron chi connectivity index (χ4n) is 2.39. The van der Waals surface area contributed by atoms with Crippen molar-refractivity contribution in [3.63, 3.8) is 0 Å². The number of hydrogen-bond acceptors (Lipinski definition) is 4. The van der Waals surface area contributed by atoms with Crippen LogP contribution in [0.3, 0.4) is 0 Å². The van der Waals surface area contributed by atoms with Gasteiger partial charge in [-0.2, -0.15) is 13.1 Å². The minimum Gasteiger partial charge on any atom is -0.679 e. The van der Waals surface area contributed by atoms with E-state index < -0.39 is 0 Å². The first-order chi connectivity index (χ1) is 15.4. The maximum Gasteiger partial charge on any atom is 0.141 e. The second kappa shape index (κ2) is 15.0. The van der Waals surface area contributed by atoms with Crippen LogP contribution in [0, 0.1) is 26.6 Å². The maximum absolute atomic E-state index is 12.6. The number of halogens is 1. The molecule has 4 heterocycles. The van der Waals surface area contributed by atoms with Crippen molar-refractivity contribution in [2.45, 2.75) is 20.8 Å². The summed E-state index contributed by atoms with van der Waals surface area (Å²) in [6, 6.07) is 14.9. The maximum atomic E-state index is 12.6. The van der Waals surface area contributed by atoms with Gasteiger partial charge in [0.1, 0.15) is 5.82 Å². The number of rotatable bonds is 3. The first-order valence-electron chi connectivity index (χ1n) is 10.1. The third-order valence-electron chi connectivity index (χ3n) is 4.11. The van der Waals surface area contributed by atoms with Crippen molar-refractivity contribution in [3.05, 3.63) is 107 Å². The Balaban J connectivity index is 0.000000278. The molecule has 173 valence electrons. The molecule has 0 saturated carbocycles. The summed E-state index contributed by atoms with van der Waals surface area (Å²) < 4.78 is 12.6. The molecule has 0 unspecified atom stereocenters. The molecule has 1 radical (unpaired) electrons. The third-order valence-corrected chi connectivity index (χ3v) is 4.11. The summed E-state index contributed by atoms with van der Waals surface area (Å²) in [5, 5.41) is 0. The Morgan fingerprint density at radius 1 is 0.545 bits per heavy atom. The normalized spacial score (nSPS) is 9.52. The summed E-state index contributed by atoms with van der Waals surface area (Å²) >= 11 is 0. The molecule has 33 heavy (non-hydrogen) atoms. The van der Waals surface area contributed by atoms with E-state index in [4.69, 9.17) is 11.5 Å². The Labute approximate surface area is 208 Å². The van der Waals surface area contributed by atoms with Crippen molar-refractivity contribution in [2.75, 3.05) is 13.1 Å². The number of hydrogen-bond donors (Lipinski definition) is 0. The van der Waals surface area contributed by atoms with Crippen molar-refractivity contribution in [1.82, 2.24) is 19.9 Å². The zero-order valence-electron chi connectivity index (χ0n) is 18.9. The monoisotopic (exact) mass is 617 g/mol. The second-order valence-electron chi connectivity index (χ2n) is 7.02. The summed E-state index contributed by atoms with van der Waals surface area (Å²) in [6.45, 7) is 6.49. The predicted octanol–water partition coefficient (Wildman–Crippen LogP) is 6.44. The van der Waals surface area contributed by atoms with Crippen LogP contribution in [0.25, 0.3) is 34.2 Å². The Hall–Kier alpha value is -2.89. The average Bonchev–Trinajstić information content (AvgIpc) is 2.82. The number of aryl methyl sites for hydroxylation is 3. The van der Waals surface area contributed by atoms with E-state index >= 15 is 0 Å². The molecular weight excluding hydrogens is 590 g/mol. The molecule has 0 aliphatic heterocycles. The summed E-state index contributed by atoms with van der Waals surface area (Å²) in [4.78, 5) is 16.8. The topological polar surface area (TPSA) is 99.2 Å². The minimum absolute atomic E-state index is 0. The van der Waals surface area contributed by atoms with Gasteiger partial charge in [-0.05, 0) is 67.8 Å². The molecule has 6 nitrogen and oxygen atoms in total. The van der Waals surface area contributed by atoms with Gasteiger partial charge in [-0.15, -0.1) is 0 Å². The van der Waals surface area contributed by atoms with Gasteiger partial charge in [0.05, 0.1) is 29.0 Å². The van der Waals surface area contributed by atoms with Gasteiger partial charge in [-0.25, -0.2) is 4.39 Å². The predicted molar refractivity (Wildman–Crippen MR) is 127 cm³/mol. The van der Waals surface area contributed by atoms with Crippen LogP contribution in [0.2, 0.25) is 0 Å². The van der Waals surface area contributed by atoms with Crippen molar-refractivity contribution >= 4 is 0 Å². The second-order valence-corrected chi connectivity index (χ2v) is 7.02. The van der Waals surface area contributed by atoms with E-state index in [9.17, 15) is 4.39 Å². The van der Waals surface area contributed by atoms with Gasteiger partial charge in [0.25, 0.3) is 0 Å². The molecule has 0 atom stereocenters. The van der Waals surface area contributed by atoms with Crippen LogP contribution < -0.4 is 0 Å².